The minimum Gasteiger partial charge on any atom is -0.261 e. The third kappa shape index (κ3) is 1.39. The van der Waals surface area contributed by atoms with Crippen molar-refractivity contribution < 1.29 is 0 Å². The van der Waals surface area contributed by atoms with Crippen molar-refractivity contribution in [1.29, 1.82) is 0 Å². The van der Waals surface area contributed by atoms with Crippen LogP contribution < -0.4 is 0 Å². The van der Waals surface area contributed by atoms with Gasteiger partial charge in [-0.05, 0) is 22.6 Å². The standard InChI is InChI=1S/C12H15N/c1-12(2,3)10-5-4-6-11-9(10)7-8-13-11/h4-6,8H,7H2,1-3H3. The van der Waals surface area contributed by atoms with E-state index in [1.807, 2.05) is 6.21 Å². The van der Waals surface area contributed by atoms with Gasteiger partial charge in [0.25, 0.3) is 0 Å². The molecule has 0 fully saturated rings. The summed E-state index contributed by atoms with van der Waals surface area (Å²) in [5, 5.41) is 0. The lowest BCUT2D eigenvalue weighted by Crippen LogP contribution is -2.13. The predicted molar refractivity (Wildman–Crippen MR) is 57.0 cm³/mol. The summed E-state index contributed by atoms with van der Waals surface area (Å²) in [7, 11) is 0. The summed E-state index contributed by atoms with van der Waals surface area (Å²) >= 11 is 0. The summed E-state index contributed by atoms with van der Waals surface area (Å²) in [6.07, 6.45) is 3.00. The third-order valence-electron chi connectivity index (χ3n) is 2.49. The molecule has 0 bridgehead atoms. The van der Waals surface area contributed by atoms with E-state index >= 15 is 0 Å². The molecule has 0 atom stereocenters. The molecule has 1 aliphatic rings. The summed E-state index contributed by atoms with van der Waals surface area (Å²) < 4.78 is 0. The molecule has 1 aliphatic heterocycles. The van der Waals surface area contributed by atoms with Crippen LogP contribution in [0.3, 0.4) is 0 Å². The number of fused-ring (bicyclic) bond motifs is 1. The molecule has 0 saturated heterocycles. The minimum absolute atomic E-state index is 0.235. The van der Waals surface area contributed by atoms with Gasteiger partial charge in [-0.25, -0.2) is 0 Å². The van der Waals surface area contributed by atoms with Crippen LogP contribution in [0.25, 0.3) is 0 Å². The van der Waals surface area contributed by atoms with Crippen molar-refractivity contribution in [2.75, 3.05) is 0 Å². The van der Waals surface area contributed by atoms with Crippen molar-refractivity contribution in [2.45, 2.75) is 32.6 Å². The first-order valence-corrected chi connectivity index (χ1v) is 4.74. The molecule has 1 aromatic rings. The lowest BCUT2D eigenvalue weighted by Gasteiger charge is -2.22. The fourth-order valence-electron chi connectivity index (χ4n) is 1.85. The van der Waals surface area contributed by atoms with Crippen molar-refractivity contribution in [2.24, 2.45) is 4.99 Å². The largest absolute Gasteiger partial charge is 0.261 e. The van der Waals surface area contributed by atoms with Crippen LogP contribution in [0.5, 0.6) is 0 Å². The second kappa shape index (κ2) is 2.69. The van der Waals surface area contributed by atoms with Crippen molar-refractivity contribution in [1.82, 2.24) is 0 Å². The summed E-state index contributed by atoms with van der Waals surface area (Å²) in [5.74, 6) is 0. The molecule has 0 N–H and O–H groups in total. The average molecular weight is 173 g/mol. The van der Waals surface area contributed by atoms with E-state index in [4.69, 9.17) is 0 Å². The van der Waals surface area contributed by atoms with Crippen LogP contribution in [0.4, 0.5) is 5.69 Å². The van der Waals surface area contributed by atoms with Crippen LogP contribution in [0.15, 0.2) is 23.2 Å². The first-order chi connectivity index (χ1) is 6.09. The van der Waals surface area contributed by atoms with Gasteiger partial charge in [0.05, 0.1) is 5.69 Å². The second-order valence-corrected chi connectivity index (χ2v) is 4.57. The summed E-state index contributed by atoms with van der Waals surface area (Å²) in [6, 6.07) is 6.41. The van der Waals surface area contributed by atoms with Gasteiger partial charge in [0.15, 0.2) is 0 Å². The maximum atomic E-state index is 4.35. The summed E-state index contributed by atoms with van der Waals surface area (Å²) in [4.78, 5) is 4.35. The van der Waals surface area contributed by atoms with E-state index in [1.54, 1.807) is 0 Å². The van der Waals surface area contributed by atoms with Crippen LogP contribution in [-0.4, -0.2) is 6.21 Å². The molecule has 68 valence electrons. The zero-order valence-corrected chi connectivity index (χ0v) is 8.46. The van der Waals surface area contributed by atoms with Gasteiger partial charge in [0.2, 0.25) is 0 Å². The van der Waals surface area contributed by atoms with Crippen LogP contribution >= 0.6 is 0 Å². The Morgan fingerprint density at radius 1 is 1.23 bits per heavy atom. The van der Waals surface area contributed by atoms with Gasteiger partial charge < -0.3 is 0 Å². The molecule has 0 aliphatic carbocycles. The first-order valence-electron chi connectivity index (χ1n) is 4.74. The Hall–Kier alpha value is -1.11. The number of hydrogen-bond donors (Lipinski definition) is 0. The topological polar surface area (TPSA) is 12.4 Å². The molecule has 1 aromatic carbocycles. The van der Waals surface area contributed by atoms with E-state index in [1.165, 1.54) is 11.1 Å². The molecule has 0 spiro atoms. The van der Waals surface area contributed by atoms with Crippen LogP contribution in [-0.2, 0) is 11.8 Å². The van der Waals surface area contributed by atoms with E-state index in [0.717, 1.165) is 12.1 Å². The number of nitrogens with zero attached hydrogens (tertiary/aromatic N) is 1. The molecule has 1 heteroatoms. The minimum atomic E-state index is 0.235. The Labute approximate surface area is 79.5 Å². The van der Waals surface area contributed by atoms with Gasteiger partial charge in [-0.2, -0.15) is 0 Å². The lowest BCUT2D eigenvalue weighted by molar-refractivity contribution is 0.586. The van der Waals surface area contributed by atoms with Crippen molar-refractivity contribution in [3.63, 3.8) is 0 Å². The molecular weight excluding hydrogens is 158 g/mol. The van der Waals surface area contributed by atoms with Gasteiger partial charge in [0.1, 0.15) is 0 Å². The molecule has 0 radical (unpaired) electrons. The highest BCUT2D eigenvalue weighted by molar-refractivity contribution is 5.77. The van der Waals surface area contributed by atoms with Gasteiger partial charge in [-0.3, -0.25) is 4.99 Å². The van der Waals surface area contributed by atoms with Crippen molar-refractivity contribution in [3.05, 3.63) is 29.3 Å². The van der Waals surface area contributed by atoms with E-state index in [2.05, 4.69) is 44.0 Å². The molecule has 0 unspecified atom stereocenters. The normalized spacial score (nSPS) is 14.7. The van der Waals surface area contributed by atoms with E-state index < -0.39 is 0 Å². The third-order valence-corrected chi connectivity index (χ3v) is 2.49. The smallest absolute Gasteiger partial charge is 0.0664 e. The molecule has 0 saturated carbocycles. The maximum absolute atomic E-state index is 4.35. The number of hydrogen-bond acceptors (Lipinski definition) is 1. The summed E-state index contributed by atoms with van der Waals surface area (Å²) in [5.41, 5.74) is 4.24. The second-order valence-electron chi connectivity index (χ2n) is 4.57. The molecule has 0 aromatic heterocycles. The lowest BCUT2D eigenvalue weighted by atomic mass is 9.83. The highest BCUT2D eigenvalue weighted by Crippen LogP contribution is 2.34. The van der Waals surface area contributed by atoms with Gasteiger partial charge >= 0.3 is 0 Å². The van der Waals surface area contributed by atoms with Gasteiger partial charge in [-0.15, -0.1) is 0 Å². The highest BCUT2D eigenvalue weighted by atomic mass is 14.7. The van der Waals surface area contributed by atoms with Crippen molar-refractivity contribution >= 4 is 11.9 Å². The van der Waals surface area contributed by atoms with Gasteiger partial charge in [0, 0.05) is 12.6 Å². The molecule has 1 nitrogen and oxygen atoms in total. The average Bonchev–Trinajstić information content (AvgIpc) is 2.48. The molecular formula is C12H15N. The number of aliphatic imine (C=N–C) groups is 1. The Bertz CT molecular complexity index is 356. The van der Waals surface area contributed by atoms with E-state index in [0.29, 0.717) is 0 Å². The van der Waals surface area contributed by atoms with E-state index in [-0.39, 0.29) is 5.41 Å². The Morgan fingerprint density at radius 3 is 2.69 bits per heavy atom. The number of rotatable bonds is 0. The van der Waals surface area contributed by atoms with Crippen LogP contribution in [0, 0.1) is 0 Å². The number of benzene rings is 1. The van der Waals surface area contributed by atoms with E-state index in [9.17, 15) is 0 Å². The zero-order chi connectivity index (χ0) is 9.47. The Morgan fingerprint density at radius 2 is 2.00 bits per heavy atom. The zero-order valence-electron chi connectivity index (χ0n) is 8.46. The Kier molecular flexibility index (Phi) is 1.76. The molecule has 1 heterocycles. The quantitative estimate of drug-likeness (QED) is 0.571. The maximum Gasteiger partial charge on any atom is 0.0664 e. The predicted octanol–water partition coefficient (Wildman–Crippen LogP) is 3.24. The fourth-order valence-corrected chi connectivity index (χ4v) is 1.85. The molecule has 0 amide bonds. The fraction of sp³-hybridized carbons (Fsp3) is 0.417. The first kappa shape index (κ1) is 8.49. The van der Waals surface area contributed by atoms with Gasteiger partial charge in [-0.1, -0.05) is 32.9 Å². The highest BCUT2D eigenvalue weighted by Gasteiger charge is 2.20. The SMILES string of the molecule is CC(C)(C)c1cccc2c1CC=N2. The monoisotopic (exact) mass is 173 g/mol. The summed E-state index contributed by atoms with van der Waals surface area (Å²) in [6.45, 7) is 6.75. The molecule has 2 rings (SSSR count). The van der Waals surface area contributed by atoms with Crippen LogP contribution in [0.1, 0.15) is 31.9 Å². The Balaban J connectivity index is 2.57. The molecule has 13 heavy (non-hydrogen) atoms. The van der Waals surface area contributed by atoms with Crippen LogP contribution in [0.2, 0.25) is 0 Å². The van der Waals surface area contributed by atoms with Crippen molar-refractivity contribution in [3.8, 4) is 0 Å².